The maximum absolute atomic E-state index is 10.9. The Morgan fingerprint density at radius 1 is 0.944 bits per heavy atom. The van der Waals surface area contributed by atoms with Crippen LogP contribution in [0.1, 0.15) is 66.1 Å². The van der Waals surface area contributed by atoms with Crippen LogP contribution in [0.5, 0.6) is 0 Å². The molecule has 0 bridgehead atoms. The van der Waals surface area contributed by atoms with Gasteiger partial charge in [-0.2, -0.15) is 8.42 Å². The maximum Gasteiger partial charge on any atom is 1.00 e. The Bertz CT molecular complexity index is 264. The number of hydrogen-bond acceptors (Lipinski definition) is 4. The largest absolute Gasteiger partial charge is 1.00 e. The summed E-state index contributed by atoms with van der Waals surface area (Å²) in [6.07, 6.45) is 10.8. The molecule has 0 amide bonds. The molecule has 2 N–H and O–H groups in total. The summed E-state index contributed by atoms with van der Waals surface area (Å²) in [5.41, 5.74) is 5.01. The number of hydrogen-bond donors (Lipinski definition) is 1. The van der Waals surface area contributed by atoms with Crippen LogP contribution in [0.15, 0.2) is 0 Å². The van der Waals surface area contributed by atoms with Crippen molar-refractivity contribution in [3.63, 3.8) is 0 Å². The zero-order valence-electron chi connectivity index (χ0n) is 13.0. The molecule has 0 aliphatic heterocycles. The Kier molecular flexibility index (Phi) is 16.8. The molecule has 18 heavy (non-hydrogen) atoms. The van der Waals surface area contributed by atoms with Gasteiger partial charge in [-0.15, -0.1) is 0 Å². The van der Waals surface area contributed by atoms with E-state index in [0.717, 1.165) is 19.3 Å². The molecule has 106 valence electrons. The second-order valence-corrected chi connectivity index (χ2v) is 6.06. The summed E-state index contributed by atoms with van der Waals surface area (Å²) in [6.45, 7) is 2.49. The van der Waals surface area contributed by atoms with Crippen molar-refractivity contribution in [1.82, 2.24) is 0 Å². The van der Waals surface area contributed by atoms with Gasteiger partial charge in [-0.1, -0.05) is 58.3 Å². The fraction of sp³-hybridized carbons (Fsp3) is 1.00. The quantitative estimate of drug-likeness (QED) is 0.309. The first-order valence-corrected chi connectivity index (χ1v) is 8.27. The smallest absolute Gasteiger partial charge is 1.00 e. The third-order valence-corrected chi connectivity index (χ3v) is 3.65. The van der Waals surface area contributed by atoms with E-state index in [1.54, 1.807) is 0 Å². The molecule has 0 atom stereocenters. The summed E-state index contributed by atoms with van der Waals surface area (Å²) in [7, 11) is -3.45. The van der Waals surface area contributed by atoms with Gasteiger partial charge in [0, 0.05) is 0 Å². The van der Waals surface area contributed by atoms with Gasteiger partial charge in [-0.25, -0.2) is 0 Å². The molecule has 0 aliphatic rings. The Balaban J connectivity index is -0.00000128. The Morgan fingerprint density at radius 2 is 1.39 bits per heavy atom. The minimum atomic E-state index is -3.45. The molecule has 0 aliphatic carbocycles. The Morgan fingerprint density at radius 3 is 1.83 bits per heavy atom. The molecule has 0 aromatic heterocycles. The molecule has 0 unspecified atom stereocenters. The maximum atomic E-state index is 10.9. The standard InChI is InChI=1S/C12H27NO3S.Na.H/c1-2-3-4-5-6-7-8-9-10-11-16-17(14,15)12-13;;/h2-13H2,1H3;;/q;+1;-1. The molecule has 0 heterocycles. The van der Waals surface area contributed by atoms with Crippen LogP contribution in [0.4, 0.5) is 0 Å². The van der Waals surface area contributed by atoms with Gasteiger partial charge in [-0.05, 0) is 6.42 Å². The molecule has 4 nitrogen and oxygen atoms in total. The molecule has 0 aromatic carbocycles. The SMILES string of the molecule is CCCCCCCCCCCOS(=O)(=O)CN.[H-].[Na+]. The van der Waals surface area contributed by atoms with Crippen molar-refractivity contribution in [2.45, 2.75) is 64.7 Å². The van der Waals surface area contributed by atoms with Crippen LogP contribution in [0, 0.1) is 0 Å². The first kappa shape index (κ1) is 21.2. The molecule has 0 saturated carbocycles. The van der Waals surface area contributed by atoms with Gasteiger partial charge in [0.1, 0.15) is 5.88 Å². The van der Waals surface area contributed by atoms with Crippen LogP contribution in [-0.4, -0.2) is 20.9 Å². The first-order chi connectivity index (χ1) is 8.12. The van der Waals surface area contributed by atoms with Gasteiger partial charge in [0.25, 0.3) is 10.1 Å². The number of unbranched alkanes of at least 4 members (excludes halogenated alkanes) is 8. The predicted octanol–water partition coefficient (Wildman–Crippen LogP) is -0.104. The van der Waals surface area contributed by atoms with Crippen LogP contribution >= 0.6 is 0 Å². The van der Waals surface area contributed by atoms with Crippen molar-refractivity contribution >= 4 is 10.1 Å². The average Bonchev–Trinajstić information content (AvgIpc) is 2.31. The van der Waals surface area contributed by atoms with E-state index in [1.807, 2.05) is 0 Å². The van der Waals surface area contributed by atoms with Gasteiger partial charge in [0.2, 0.25) is 0 Å². The summed E-state index contributed by atoms with van der Waals surface area (Å²) < 4.78 is 26.5. The fourth-order valence-electron chi connectivity index (χ4n) is 1.65. The van der Waals surface area contributed by atoms with Crippen molar-refractivity contribution < 1.29 is 43.6 Å². The Labute approximate surface area is 136 Å². The van der Waals surface area contributed by atoms with Crippen molar-refractivity contribution in [1.29, 1.82) is 0 Å². The average molecular weight is 289 g/mol. The predicted molar refractivity (Wildman–Crippen MR) is 72.3 cm³/mol. The minimum Gasteiger partial charge on any atom is -1.00 e. The molecular formula is C12H28NNaO3S. The first-order valence-electron chi connectivity index (χ1n) is 6.69. The van der Waals surface area contributed by atoms with Crippen LogP contribution in [0.3, 0.4) is 0 Å². The van der Waals surface area contributed by atoms with Crippen molar-refractivity contribution in [3.8, 4) is 0 Å². The molecule has 6 heteroatoms. The van der Waals surface area contributed by atoms with Gasteiger partial charge < -0.3 is 7.16 Å². The van der Waals surface area contributed by atoms with E-state index in [0.29, 0.717) is 0 Å². The van der Waals surface area contributed by atoms with Gasteiger partial charge in [0.15, 0.2) is 0 Å². The zero-order valence-corrected chi connectivity index (χ0v) is 14.8. The van der Waals surface area contributed by atoms with Crippen molar-refractivity contribution in [2.75, 3.05) is 12.5 Å². The summed E-state index contributed by atoms with van der Waals surface area (Å²) in [4.78, 5) is 0. The molecule has 0 aromatic rings. The van der Waals surface area contributed by atoms with Crippen molar-refractivity contribution in [2.24, 2.45) is 5.73 Å². The third kappa shape index (κ3) is 14.9. The summed E-state index contributed by atoms with van der Waals surface area (Å²) in [5.74, 6) is -0.426. The zero-order chi connectivity index (χ0) is 13.0. The van der Waals surface area contributed by atoms with Gasteiger partial charge in [-0.3, -0.25) is 4.18 Å². The van der Waals surface area contributed by atoms with E-state index in [4.69, 9.17) is 5.73 Å². The summed E-state index contributed by atoms with van der Waals surface area (Å²) >= 11 is 0. The van der Waals surface area contributed by atoms with E-state index in [2.05, 4.69) is 11.1 Å². The molecular weight excluding hydrogens is 261 g/mol. The molecule has 0 saturated heterocycles. The molecule has 0 radical (unpaired) electrons. The summed E-state index contributed by atoms with van der Waals surface area (Å²) in [6, 6.07) is 0. The summed E-state index contributed by atoms with van der Waals surface area (Å²) in [5, 5.41) is 0. The van der Waals surface area contributed by atoms with Gasteiger partial charge >= 0.3 is 29.6 Å². The van der Waals surface area contributed by atoms with E-state index < -0.39 is 16.0 Å². The second-order valence-electron chi connectivity index (χ2n) is 4.37. The van der Waals surface area contributed by atoms with Crippen LogP contribution in [0.2, 0.25) is 0 Å². The molecule has 0 rings (SSSR count). The van der Waals surface area contributed by atoms with E-state index in [9.17, 15) is 8.42 Å². The van der Waals surface area contributed by atoms with Crippen LogP contribution < -0.4 is 35.3 Å². The van der Waals surface area contributed by atoms with Gasteiger partial charge in [0.05, 0.1) is 6.61 Å². The van der Waals surface area contributed by atoms with E-state index >= 15 is 0 Å². The number of rotatable bonds is 12. The minimum absolute atomic E-state index is 0. The van der Waals surface area contributed by atoms with Crippen LogP contribution in [-0.2, 0) is 14.3 Å². The normalized spacial score (nSPS) is 11.2. The number of nitrogens with two attached hydrogens (primary N) is 1. The Hall–Kier alpha value is 0.870. The second kappa shape index (κ2) is 14.3. The topological polar surface area (TPSA) is 69.4 Å². The third-order valence-electron chi connectivity index (χ3n) is 2.71. The fourth-order valence-corrected chi connectivity index (χ4v) is 2.11. The molecule has 0 spiro atoms. The van der Waals surface area contributed by atoms with Crippen LogP contribution in [0.25, 0.3) is 0 Å². The molecule has 0 fully saturated rings. The van der Waals surface area contributed by atoms with E-state index in [1.165, 1.54) is 38.5 Å². The van der Waals surface area contributed by atoms with Crippen molar-refractivity contribution in [3.05, 3.63) is 0 Å². The van der Waals surface area contributed by atoms with E-state index in [-0.39, 0.29) is 37.6 Å². The monoisotopic (exact) mass is 289 g/mol.